The van der Waals surface area contributed by atoms with Gasteiger partial charge in [0.05, 0.1) is 18.8 Å². The van der Waals surface area contributed by atoms with E-state index in [4.69, 9.17) is 9.16 Å². The molecule has 0 amide bonds. The summed E-state index contributed by atoms with van der Waals surface area (Å²) in [5.74, 6) is 2.64. The summed E-state index contributed by atoms with van der Waals surface area (Å²) in [4.78, 5) is 12.6. The zero-order valence-corrected chi connectivity index (χ0v) is 22.1. The first kappa shape index (κ1) is 23.7. The van der Waals surface area contributed by atoms with Crippen molar-refractivity contribution in [3.8, 4) is 0 Å². The molecular formula is C27H45O3Si. The maximum Gasteiger partial charge on any atom is 0.205 e. The Morgan fingerprint density at radius 2 is 1.77 bits per heavy atom. The van der Waals surface area contributed by atoms with E-state index in [-0.39, 0.29) is 16.9 Å². The number of hydrogen-bond donors (Lipinski definition) is 0. The fourth-order valence-corrected chi connectivity index (χ4v) is 8.50. The second kappa shape index (κ2) is 8.40. The highest BCUT2D eigenvalue weighted by Crippen LogP contribution is 2.64. The predicted molar refractivity (Wildman–Crippen MR) is 128 cm³/mol. The number of ketones is 1. The van der Waals surface area contributed by atoms with Crippen LogP contribution in [0.1, 0.15) is 86.0 Å². The molecule has 0 aromatic heterocycles. The van der Waals surface area contributed by atoms with Crippen LogP contribution in [0.3, 0.4) is 0 Å². The highest BCUT2D eigenvalue weighted by molar-refractivity contribution is 6.48. The Labute approximate surface area is 192 Å². The van der Waals surface area contributed by atoms with Crippen molar-refractivity contribution in [1.29, 1.82) is 0 Å². The lowest BCUT2D eigenvalue weighted by molar-refractivity contribution is -0.132. The molecule has 3 fully saturated rings. The van der Waals surface area contributed by atoms with Crippen LogP contribution < -0.4 is 0 Å². The van der Waals surface area contributed by atoms with Gasteiger partial charge in [0.25, 0.3) is 0 Å². The molecule has 0 saturated heterocycles. The Balaban J connectivity index is 1.43. The van der Waals surface area contributed by atoms with Gasteiger partial charge in [0.2, 0.25) is 9.04 Å². The van der Waals surface area contributed by atoms with Crippen LogP contribution >= 0.6 is 0 Å². The smallest absolute Gasteiger partial charge is 0.205 e. The summed E-state index contributed by atoms with van der Waals surface area (Å²) in [5.41, 5.74) is 2.06. The lowest BCUT2D eigenvalue weighted by Gasteiger charge is -2.57. The minimum absolute atomic E-state index is 0.0238. The van der Waals surface area contributed by atoms with Crippen molar-refractivity contribution in [1.82, 2.24) is 0 Å². The fourth-order valence-electron chi connectivity index (χ4n) is 7.51. The summed E-state index contributed by atoms with van der Waals surface area (Å²) >= 11 is 0. The van der Waals surface area contributed by atoms with E-state index >= 15 is 0 Å². The molecule has 0 N–H and O–H groups in total. The van der Waals surface area contributed by atoms with Crippen molar-refractivity contribution < 1.29 is 14.0 Å². The molecule has 4 aliphatic carbocycles. The Hall–Kier alpha value is -0.453. The van der Waals surface area contributed by atoms with Crippen molar-refractivity contribution in [3.63, 3.8) is 0 Å². The number of allylic oxidation sites excluding steroid dienone is 1. The molecule has 1 radical (unpaired) electrons. The Bertz CT molecular complexity index is 722. The first-order valence-corrected chi connectivity index (χ1v) is 15.2. The van der Waals surface area contributed by atoms with Crippen molar-refractivity contribution in [3.05, 3.63) is 11.6 Å². The van der Waals surface area contributed by atoms with Gasteiger partial charge in [-0.15, -0.1) is 0 Å². The zero-order valence-electron chi connectivity index (χ0n) is 21.1. The van der Waals surface area contributed by atoms with Crippen molar-refractivity contribution >= 4 is 14.8 Å². The third-order valence-electron chi connectivity index (χ3n) is 9.59. The molecule has 0 spiro atoms. The predicted octanol–water partition coefficient (Wildman–Crippen LogP) is 6.59. The van der Waals surface area contributed by atoms with Crippen LogP contribution in [-0.2, 0) is 14.0 Å². The van der Waals surface area contributed by atoms with Crippen molar-refractivity contribution in [2.75, 3.05) is 6.61 Å². The average Bonchev–Trinajstić information content (AvgIpc) is 2.99. The van der Waals surface area contributed by atoms with Crippen LogP contribution in [0.2, 0.25) is 13.1 Å². The van der Waals surface area contributed by atoms with Gasteiger partial charge in [-0.05, 0) is 86.6 Å². The molecule has 0 aliphatic heterocycles. The molecule has 4 heteroatoms. The standard InChI is InChI=1S/C27H45O3Si/c1-25(2,3)24(30-31(6)7)17-29-19-12-14-26(4)18(16-19)8-9-20-21-10-11-23(28)27(21,5)15-13-22(20)26/h8,19-22,24H,9-17H2,1-7H3/t19-,20-,21-,22-,24?,26-,27-/m0/s1. The lowest BCUT2D eigenvalue weighted by atomic mass is 9.48. The van der Waals surface area contributed by atoms with Crippen LogP contribution in [0.25, 0.3) is 0 Å². The number of carbonyl (C=O) groups excluding carboxylic acids is 1. The number of fused-ring (bicyclic) bond motifs is 5. The second-order valence-corrected chi connectivity index (χ2v) is 14.8. The first-order chi connectivity index (χ1) is 14.4. The van der Waals surface area contributed by atoms with Gasteiger partial charge < -0.3 is 9.16 Å². The number of hydrogen-bond acceptors (Lipinski definition) is 3. The second-order valence-electron chi connectivity index (χ2n) is 12.8. The number of carbonyl (C=O) groups is 1. The average molecular weight is 446 g/mol. The zero-order chi connectivity index (χ0) is 22.6. The van der Waals surface area contributed by atoms with Crippen molar-refractivity contribution in [2.24, 2.45) is 34.0 Å². The molecule has 4 rings (SSSR count). The van der Waals surface area contributed by atoms with E-state index in [0.717, 1.165) is 38.0 Å². The van der Waals surface area contributed by atoms with Gasteiger partial charge in [0.15, 0.2) is 0 Å². The summed E-state index contributed by atoms with van der Waals surface area (Å²) in [6, 6.07) is 0. The van der Waals surface area contributed by atoms with Crippen LogP contribution in [0.4, 0.5) is 0 Å². The van der Waals surface area contributed by atoms with E-state index in [0.29, 0.717) is 35.7 Å². The molecule has 7 atom stereocenters. The molecule has 0 aromatic carbocycles. The maximum atomic E-state index is 12.6. The van der Waals surface area contributed by atoms with Crippen LogP contribution in [0.15, 0.2) is 11.6 Å². The molecule has 0 bridgehead atoms. The quantitative estimate of drug-likeness (QED) is 0.354. The molecule has 31 heavy (non-hydrogen) atoms. The minimum atomic E-state index is -0.740. The monoisotopic (exact) mass is 445 g/mol. The number of ether oxygens (including phenoxy) is 1. The molecule has 3 saturated carbocycles. The van der Waals surface area contributed by atoms with Gasteiger partial charge in [0.1, 0.15) is 5.78 Å². The van der Waals surface area contributed by atoms with Gasteiger partial charge >= 0.3 is 0 Å². The summed E-state index contributed by atoms with van der Waals surface area (Å²) in [6.07, 6.45) is 12.0. The van der Waals surface area contributed by atoms with E-state index < -0.39 is 9.04 Å². The van der Waals surface area contributed by atoms with Gasteiger partial charge in [-0.1, -0.05) is 46.3 Å². The SMILES string of the molecule is C[Si](C)OC(CO[C@H]1CC[C@@]2(C)C(=CC[C@@H]3[C@@H]2CC[C@]2(C)C(=O)CC[C@@H]32)C1)C(C)(C)C. The minimum Gasteiger partial charge on any atom is -0.411 e. The third-order valence-corrected chi connectivity index (χ3v) is 10.4. The van der Waals surface area contributed by atoms with E-state index in [1.54, 1.807) is 5.57 Å². The van der Waals surface area contributed by atoms with Crippen molar-refractivity contribution in [2.45, 2.75) is 111 Å². The fraction of sp³-hybridized carbons (Fsp3) is 0.889. The van der Waals surface area contributed by atoms with Gasteiger partial charge in [-0.2, -0.15) is 0 Å². The van der Waals surface area contributed by atoms with E-state index in [1.165, 1.54) is 19.3 Å². The van der Waals surface area contributed by atoms with Gasteiger partial charge in [-0.3, -0.25) is 4.79 Å². The first-order valence-electron chi connectivity index (χ1n) is 12.8. The molecule has 4 aliphatic rings. The summed E-state index contributed by atoms with van der Waals surface area (Å²) in [5, 5.41) is 0. The highest BCUT2D eigenvalue weighted by atomic mass is 28.3. The van der Waals surface area contributed by atoms with Crippen LogP contribution in [-0.4, -0.2) is 33.6 Å². The summed E-state index contributed by atoms with van der Waals surface area (Å²) < 4.78 is 12.8. The molecule has 3 nitrogen and oxygen atoms in total. The van der Waals surface area contributed by atoms with Crippen LogP contribution in [0.5, 0.6) is 0 Å². The molecule has 1 unspecified atom stereocenters. The molecule has 0 aromatic rings. The van der Waals surface area contributed by atoms with E-state index in [1.807, 2.05) is 0 Å². The molecule has 0 heterocycles. The van der Waals surface area contributed by atoms with Gasteiger partial charge in [-0.25, -0.2) is 0 Å². The number of Topliss-reactive ketones (excluding diaryl/α,β-unsaturated/α-hetero) is 1. The maximum absolute atomic E-state index is 12.6. The molecule has 175 valence electrons. The largest absolute Gasteiger partial charge is 0.411 e. The van der Waals surface area contributed by atoms with Crippen LogP contribution in [0, 0.1) is 34.0 Å². The number of rotatable bonds is 5. The highest BCUT2D eigenvalue weighted by Gasteiger charge is 2.58. The normalized spacial score (nSPS) is 41.4. The van der Waals surface area contributed by atoms with E-state index in [2.05, 4.69) is 53.8 Å². The summed E-state index contributed by atoms with van der Waals surface area (Å²) in [7, 11) is -0.740. The van der Waals surface area contributed by atoms with Gasteiger partial charge in [0, 0.05) is 11.8 Å². The third kappa shape index (κ3) is 4.26. The summed E-state index contributed by atoms with van der Waals surface area (Å²) in [6.45, 7) is 16.7. The Morgan fingerprint density at radius 3 is 2.45 bits per heavy atom. The van der Waals surface area contributed by atoms with E-state index in [9.17, 15) is 4.79 Å². The Morgan fingerprint density at radius 1 is 1.10 bits per heavy atom. The Kier molecular flexibility index (Phi) is 6.42. The molecular weight excluding hydrogens is 400 g/mol. The topological polar surface area (TPSA) is 35.5 Å². The lowest BCUT2D eigenvalue weighted by Crippen LogP contribution is -2.50.